The van der Waals surface area contributed by atoms with Crippen LogP contribution in [-0.2, 0) is 16.2 Å². The fourth-order valence-electron chi connectivity index (χ4n) is 9.20. The maximum absolute atomic E-state index is 14.9. The molecular formula is C49H60FN3O7. The summed E-state index contributed by atoms with van der Waals surface area (Å²) < 4.78 is 35.4. The maximum atomic E-state index is 14.9. The summed E-state index contributed by atoms with van der Waals surface area (Å²) in [6, 6.07) is 20.4. The number of carbonyl (C=O) groups excluding carboxylic acids is 1. The number of oxime groups is 1. The fraction of sp³-hybridized carbons (Fsp3) is 0.490. The molecule has 0 aromatic heterocycles. The molecule has 11 heteroatoms. The SMILES string of the molecule is C=CCOC12Oc3ccc(OCc4ccccc4F)cc3C3C(CCCCO)C(CCCCO)C=C(C(=NOC(C)(C)C)CC1N(CCC)C(=O)c1ccc(C#N)cc1)C32. The van der Waals surface area contributed by atoms with Crippen LogP contribution in [0.15, 0.2) is 96.2 Å². The molecule has 1 heterocycles. The predicted octanol–water partition coefficient (Wildman–Crippen LogP) is 9.26. The van der Waals surface area contributed by atoms with E-state index in [-0.39, 0.29) is 62.3 Å². The highest BCUT2D eigenvalue weighted by Crippen LogP contribution is 2.62. The summed E-state index contributed by atoms with van der Waals surface area (Å²) in [7, 11) is 0. The molecule has 2 N–H and O–H groups in total. The molecular weight excluding hydrogens is 762 g/mol. The Morgan fingerprint density at radius 1 is 1.07 bits per heavy atom. The first-order chi connectivity index (χ1) is 29.0. The molecule has 1 aliphatic heterocycles. The Hall–Kier alpha value is -5.02. The van der Waals surface area contributed by atoms with Crippen molar-refractivity contribution >= 4 is 11.6 Å². The number of nitrogens with zero attached hydrogens (tertiary/aromatic N) is 3. The summed E-state index contributed by atoms with van der Waals surface area (Å²) in [6.07, 6.45) is 9.41. The number of carbonyl (C=O) groups is 1. The molecule has 0 bridgehead atoms. The molecule has 0 saturated heterocycles. The average molecular weight is 822 g/mol. The van der Waals surface area contributed by atoms with E-state index >= 15 is 0 Å². The molecule has 3 aromatic carbocycles. The number of fused-ring (bicyclic) bond motifs is 2. The standard InChI is InChI=1S/C49H60FN3O7/c1-6-24-53(47(56)34-20-18-33(31-51)19-21-34)44-30-42(52-60-48(3,4)5)39-28-35(14-10-12-25-54)38(16-11-13-26-55)45-40-29-37(57-32-36-15-8-9-17-41(36)50)22-23-43(40)59-49(44,46(39)45)58-27-7-2/h7-9,15,17-23,28-29,35,38,44-46,54-55H,2,6,10-14,16,24-27,30,32H2,1,3-5H3. The van der Waals surface area contributed by atoms with E-state index in [1.165, 1.54) is 6.07 Å². The second kappa shape index (κ2) is 20.0. The van der Waals surface area contributed by atoms with E-state index in [4.69, 9.17) is 24.2 Å². The summed E-state index contributed by atoms with van der Waals surface area (Å²) in [5.74, 6) is -1.49. The van der Waals surface area contributed by atoms with Crippen LogP contribution in [0.5, 0.6) is 11.5 Å². The first-order valence-corrected chi connectivity index (χ1v) is 21.4. The van der Waals surface area contributed by atoms with Crippen molar-refractivity contribution in [1.29, 1.82) is 5.26 Å². The van der Waals surface area contributed by atoms with Crippen molar-refractivity contribution < 1.29 is 38.4 Å². The normalized spacial score (nSPS) is 23.7. The van der Waals surface area contributed by atoms with Crippen molar-refractivity contribution in [1.82, 2.24) is 4.90 Å². The highest BCUT2D eigenvalue weighted by Gasteiger charge is 2.65. The molecule has 0 radical (unpaired) electrons. The second-order valence-corrected chi connectivity index (χ2v) is 17.0. The zero-order chi connectivity index (χ0) is 42.9. The largest absolute Gasteiger partial charge is 0.489 e. The highest BCUT2D eigenvalue weighted by atomic mass is 19.1. The topological polar surface area (TPSA) is 134 Å². The third-order valence-corrected chi connectivity index (χ3v) is 11.8. The quantitative estimate of drug-likeness (QED) is 0.0695. The third-order valence-electron chi connectivity index (χ3n) is 11.8. The lowest BCUT2D eigenvalue weighted by Gasteiger charge is -2.60. The summed E-state index contributed by atoms with van der Waals surface area (Å²) >= 11 is 0. The molecule has 6 unspecified atom stereocenters. The van der Waals surface area contributed by atoms with Gasteiger partial charge in [0.25, 0.3) is 5.91 Å². The van der Waals surface area contributed by atoms with Crippen LogP contribution >= 0.6 is 0 Å². The number of amides is 1. The van der Waals surface area contributed by atoms with Crippen molar-refractivity contribution in [2.75, 3.05) is 26.4 Å². The first kappa shape index (κ1) is 44.5. The van der Waals surface area contributed by atoms with E-state index in [2.05, 4.69) is 18.7 Å². The van der Waals surface area contributed by atoms with Gasteiger partial charge in [0.05, 0.1) is 29.9 Å². The molecule has 10 nitrogen and oxygen atoms in total. The molecule has 0 spiro atoms. The van der Waals surface area contributed by atoms with Crippen LogP contribution in [0.3, 0.4) is 0 Å². The van der Waals surface area contributed by atoms with Crippen molar-refractivity contribution in [3.8, 4) is 17.6 Å². The smallest absolute Gasteiger partial charge is 0.254 e. The van der Waals surface area contributed by atoms with Crippen LogP contribution in [0.2, 0.25) is 0 Å². The number of aliphatic hydroxyl groups excluding tert-OH is 2. The molecule has 1 amide bonds. The lowest BCUT2D eigenvalue weighted by atomic mass is 9.55. The van der Waals surface area contributed by atoms with Gasteiger partial charge in [-0.1, -0.05) is 55.3 Å². The molecule has 2 aliphatic carbocycles. The van der Waals surface area contributed by atoms with E-state index in [9.17, 15) is 24.7 Å². The summed E-state index contributed by atoms with van der Waals surface area (Å²) in [5, 5.41) is 34.3. The number of allylic oxidation sites excluding steroid dienone is 1. The van der Waals surface area contributed by atoms with Gasteiger partial charge < -0.3 is 34.2 Å². The van der Waals surface area contributed by atoms with Gasteiger partial charge in [-0.05, 0) is 119 Å². The number of ether oxygens (including phenoxy) is 3. The van der Waals surface area contributed by atoms with E-state index in [1.807, 2.05) is 50.8 Å². The van der Waals surface area contributed by atoms with Crippen molar-refractivity contribution in [2.45, 2.75) is 109 Å². The Labute approximate surface area is 354 Å². The van der Waals surface area contributed by atoms with Gasteiger partial charge in [0.2, 0.25) is 5.79 Å². The van der Waals surface area contributed by atoms with Crippen LogP contribution in [0.25, 0.3) is 0 Å². The van der Waals surface area contributed by atoms with E-state index in [1.54, 1.807) is 48.5 Å². The van der Waals surface area contributed by atoms with Gasteiger partial charge in [0.15, 0.2) is 0 Å². The zero-order valence-electron chi connectivity index (χ0n) is 35.4. The Morgan fingerprint density at radius 2 is 1.80 bits per heavy atom. The molecule has 1 saturated carbocycles. The van der Waals surface area contributed by atoms with Gasteiger partial charge in [-0.25, -0.2) is 4.39 Å². The van der Waals surface area contributed by atoms with Gasteiger partial charge in [0.1, 0.15) is 35.6 Å². The van der Waals surface area contributed by atoms with E-state index in [0.29, 0.717) is 59.7 Å². The average Bonchev–Trinajstić information content (AvgIpc) is 3.24. The minimum absolute atomic E-state index is 0.0255. The van der Waals surface area contributed by atoms with Crippen molar-refractivity contribution in [2.24, 2.45) is 22.9 Å². The number of aliphatic hydroxyl groups is 2. The number of unbranched alkanes of at least 4 members (excludes halogenated alkanes) is 2. The molecule has 1 fully saturated rings. The Balaban J connectivity index is 1.59. The van der Waals surface area contributed by atoms with Crippen molar-refractivity contribution in [3.63, 3.8) is 0 Å². The minimum Gasteiger partial charge on any atom is -0.489 e. The summed E-state index contributed by atoms with van der Waals surface area (Å²) in [6.45, 7) is 12.6. The molecule has 320 valence electrons. The Morgan fingerprint density at radius 3 is 2.47 bits per heavy atom. The number of hydrogen-bond donors (Lipinski definition) is 2. The molecule has 6 rings (SSSR count). The lowest BCUT2D eigenvalue weighted by molar-refractivity contribution is -0.254. The number of nitriles is 1. The van der Waals surface area contributed by atoms with Crippen molar-refractivity contribution in [3.05, 3.63) is 119 Å². The number of hydrogen-bond acceptors (Lipinski definition) is 9. The van der Waals surface area contributed by atoms with Gasteiger partial charge in [-0.2, -0.15) is 5.26 Å². The second-order valence-electron chi connectivity index (χ2n) is 17.0. The molecule has 6 atom stereocenters. The third kappa shape index (κ3) is 9.78. The Bertz CT molecular complexity index is 2050. The van der Waals surface area contributed by atoms with Crippen LogP contribution in [0, 0.1) is 34.9 Å². The molecule has 3 aromatic rings. The number of benzene rings is 3. The first-order valence-electron chi connectivity index (χ1n) is 21.4. The van der Waals surface area contributed by atoms with Crippen LogP contribution in [0.4, 0.5) is 4.39 Å². The zero-order valence-corrected chi connectivity index (χ0v) is 35.4. The monoisotopic (exact) mass is 821 g/mol. The van der Waals surface area contributed by atoms with Gasteiger partial charge >= 0.3 is 0 Å². The highest BCUT2D eigenvalue weighted by molar-refractivity contribution is 6.03. The van der Waals surface area contributed by atoms with Crippen LogP contribution in [0.1, 0.15) is 112 Å². The van der Waals surface area contributed by atoms with E-state index < -0.39 is 23.3 Å². The summed E-state index contributed by atoms with van der Waals surface area (Å²) in [5.41, 5.74) is 3.27. The number of rotatable bonds is 19. The molecule has 60 heavy (non-hydrogen) atoms. The minimum atomic E-state index is -1.42. The fourth-order valence-corrected chi connectivity index (χ4v) is 9.20. The van der Waals surface area contributed by atoms with E-state index in [0.717, 1.165) is 36.8 Å². The van der Waals surface area contributed by atoms with Gasteiger partial charge in [0, 0.05) is 48.8 Å². The van der Waals surface area contributed by atoms with Crippen LogP contribution in [-0.4, -0.2) is 70.5 Å². The summed E-state index contributed by atoms with van der Waals surface area (Å²) in [4.78, 5) is 22.9. The lowest BCUT2D eigenvalue weighted by Crippen LogP contribution is -2.70. The van der Waals surface area contributed by atoms with Gasteiger partial charge in [-0.15, -0.1) is 6.58 Å². The molecule has 3 aliphatic rings. The van der Waals surface area contributed by atoms with Gasteiger partial charge in [-0.3, -0.25) is 4.79 Å². The maximum Gasteiger partial charge on any atom is 0.254 e. The predicted molar refractivity (Wildman–Crippen MR) is 229 cm³/mol. The number of halogens is 1. The Kier molecular flexibility index (Phi) is 14.9. The van der Waals surface area contributed by atoms with Crippen LogP contribution < -0.4 is 9.47 Å².